The molecule has 0 spiro atoms. The first-order valence-electron chi connectivity index (χ1n) is 6.47. The Morgan fingerprint density at radius 1 is 1.24 bits per heavy atom. The van der Waals surface area contributed by atoms with Gasteiger partial charge in [0.05, 0.1) is 11.0 Å². The molecule has 0 aliphatic rings. The molecule has 0 bridgehead atoms. The molecule has 0 saturated heterocycles. The third kappa shape index (κ3) is 3.34. The van der Waals surface area contributed by atoms with E-state index in [1.54, 1.807) is 12.1 Å². The molecule has 0 saturated carbocycles. The van der Waals surface area contributed by atoms with E-state index in [2.05, 4.69) is 5.32 Å². The van der Waals surface area contributed by atoms with Crippen molar-refractivity contribution in [2.75, 3.05) is 5.32 Å². The minimum Gasteiger partial charge on any atom is -0.370 e. The fourth-order valence-electron chi connectivity index (χ4n) is 2.13. The molecular weight excluding hydrogens is 278 g/mol. The van der Waals surface area contributed by atoms with Gasteiger partial charge in [-0.3, -0.25) is 10.1 Å². The highest BCUT2D eigenvalue weighted by molar-refractivity contribution is 5.63. The van der Waals surface area contributed by atoms with Crippen molar-refractivity contribution >= 4 is 11.4 Å². The van der Waals surface area contributed by atoms with Crippen LogP contribution in [0.3, 0.4) is 0 Å². The Kier molecular flexibility index (Phi) is 4.47. The van der Waals surface area contributed by atoms with Crippen LogP contribution in [0.5, 0.6) is 0 Å². The van der Waals surface area contributed by atoms with Gasteiger partial charge in [0.25, 0.3) is 5.69 Å². The molecule has 2 aromatic rings. The van der Waals surface area contributed by atoms with Crippen LogP contribution in [0.25, 0.3) is 0 Å². The molecule has 1 N–H and O–H groups in total. The highest BCUT2D eigenvalue weighted by Crippen LogP contribution is 2.31. The molecule has 0 amide bonds. The van der Waals surface area contributed by atoms with Crippen LogP contribution in [0.15, 0.2) is 42.5 Å². The van der Waals surface area contributed by atoms with Gasteiger partial charge >= 0.3 is 0 Å². The van der Waals surface area contributed by atoms with Crippen molar-refractivity contribution in [3.8, 4) is 0 Å². The van der Waals surface area contributed by atoms with E-state index >= 15 is 0 Å². The van der Waals surface area contributed by atoms with Gasteiger partial charge in [-0.15, -0.1) is 0 Å². The summed E-state index contributed by atoms with van der Waals surface area (Å²) in [6, 6.07) is 9.10. The zero-order chi connectivity index (χ0) is 15.4. The highest BCUT2D eigenvalue weighted by atomic mass is 19.1. The predicted octanol–water partition coefficient (Wildman–Crippen LogP) is 4.44. The number of nitro benzene ring substituents is 1. The van der Waals surface area contributed by atoms with Crippen LogP contribution in [-0.4, -0.2) is 4.92 Å². The molecule has 0 aromatic heterocycles. The highest BCUT2D eigenvalue weighted by Gasteiger charge is 2.21. The van der Waals surface area contributed by atoms with Crippen molar-refractivity contribution in [2.45, 2.75) is 19.4 Å². The largest absolute Gasteiger partial charge is 0.370 e. The molecule has 110 valence electrons. The van der Waals surface area contributed by atoms with Gasteiger partial charge in [0.15, 0.2) is 5.82 Å². The number of hydrogen-bond acceptors (Lipinski definition) is 3. The molecule has 0 heterocycles. The second-order valence-corrected chi connectivity index (χ2v) is 4.55. The minimum absolute atomic E-state index is 0.182. The zero-order valence-electron chi connectivity index (χ0n) is 11.3. The lowest BCUT2D eigenvalue weighted by atomic mass is 10.0. The van der Waals surface area contributed by atoms with E-state index in [0.29, 0.717) is 12.0 Å². The van der Waals surface area contributed by atoms with Crippen LogP contribution in [0.2, 0.25) is 0 Å². The van der Waals surface area contributed by atoms with Crippen molar-refractivity contribution in [3.63, 3.8) is 0 Å². The number of para-hydroxylation sites is 1. The molecule has 2 rings (SSSR count). The van der Waals surface area contributed by atoms with Crippen molar-refractivity contribution in [2.24, 2.45) is 0 Å². The number of hydrogen-bond donors (Lipinski definition) is 1. The van der Waals surface area contributed by atoms with Crippen LogP contribution in [-0.2, 0) is 0 Å². The van der Waals surface area contributed by atoms with Crippen LogP contribution in [0, 0.1) is 21.7 Å². The number of halogens is 2. The Morgan fingerprint density at radius 2 is 1.95 bits per heavy atom. The lowest BCUT2D eigenvalue weighted by Gasteiger charge is -2.19. The summed E-state index contributed by atoms with van der Waals surface area (Å²) < 4.78 is 27.1. The zero-order valence-corrected chi connectivity index (χ0v) is 11.3. The number of anilines is 1. The standard InChI is InChI=1S/C15H14F2N2O2/c1-2-13(10-5-3-6-11(16)9-10)18-15-12(17)7-4-8-14(15)19(20)21/h3-9,13,18H,2H2,1H3. The molecule has 21 heavy (non-hydrogen) atoms. The van der Waals surface area contributed by atoms with Gasteiger partial charge in [-0.25, -0.2) is 8.78 Å². The van der Waals surface area contributed by atoms with Crippen molar-refractivity contribution in [1.82, 2.24) is 0 Å². The van der Waals surface area contributed by atoms with Gasteiger partial charge in [-0.2, -0.15) is 0 Å². The Hall–Kier alpha value is -2.50. The molecule has 0 aliphatic carbocycles. The van der Waals surface area contributed by atoms with Crippen LogP contribution < -0.4 is 5.32 Å². The van der Waals surface area contributed by atoms with E-state index in [0.717, 1.165) is 6.07 Å². The summed E-state index contributed by atoms with van der Waals surface area (Å²) in [5.74, 6) is -1.12. The number of nitrogens with zero attached hydrogens (tertiary/aromatic N) is 1. The topological polar surface area (TPSA) is 55.2 Å². The van der Waals surface area contributed by atoms with E-state index in [9.17, 15) is 18.9 Å². The molecule has 2 aromatic carbocycles. The van der Waals surface area contributed by atoms with E-state index in [1.165, 1.54) is 24.3 Å². The number of nitro groups is 1. The SMILES string of the molecule is CCC(Nc1c(F)cccc1[N+](=O)[O-])c1cccc(F)c1. The minimum atomic E-state index is -0.709. The Bertz CT molecular complexity index is 662. The lowest BCUT2D eigenvalue weighted by molar-refractivity contribution is -0.384. The molecule has 0 aliphatic heterocycles. The molecular formula is C15H14F2N2O2. The van der Waals surface area contributed by atoms with Gasteiger partial charge in [-0.05, 0) is 30.2 Å². The van der Waals surface area contributed by atoms with Crippen molar-refractivity contribution in [1.29, 1.82) is 0 Å². The summed E-state index contributed by atoms with van der Waals surface area (Å²) in [5.41, 5.74) is 0.0820. The predicted molar refractivity (Wildman–Crippen MR) is 76.1 cm³/mol. The van der Waals surface area contributed by atoms with E-state index in [-0.39, 0.29) is 11.4 Å². The fourth-order valence-corrected chi connectivity index (χ4v) is 2.13. The summed E-state index contributed by atoms with van der Waals surface area (Å²) in [6.07, 6.45) is 0.523. The quantitative estimate of drug-likeness (QED) is 0.655. The van der Waals surface area contributed by atoms with Crippen LogP contribution >= 0.6 is 0 Å². The molecule has 1 atom stereocenters. The van der Waals surface area contributed by atoms with Crippen LogP contribution in [0.4, 0.5) is 20.2 Å². The smallest absolute Gasteiger partial charge is 0.295 e. The number of nitrogens with one attached hydrogen (secondary N) is 1. The maximum absolute atomic E-state index is 13.9. The average Bonchev–Trinajstić information content (AvgIpc) is 2.45. The third-order valence-electron chi connectivity index (χ3n) is 3.17. The summed E-state index contributed by atoms with van der Waals surface area (Å²) >= 11 is 0. The Labute approximate surface area is 120 Å². The average molecular weight is 292 g/mol. The maximum Gasteiger partial charge on any atom is 0.295 e. The second kappa shape index (κ2) is 6.30. The lowest BCUT2D eigenvalue weighted by Crippen LogP contribution is -2.12. The maximum atomic E-state index is 13.9. The van der Waals surface area contributed by atoms with Gasteiger partial charge in [0.2, 0.25) is 0 Å². The van der Waals surface area contributed by atoms with Gasteiger partial charge in [-0.1, -0.05) is 25.1 Å². The first kappa shape index (κ1) is 14.9. The normalized spacial score (nSPS) is 12.0. The van der Waals surface area contributed by atoms with Gasteiger partial charge < -0.3 is 5.32 Å². The number of benzene rings is 2. The summed E-state index contributed by atoms with van der Waals surface area (Å²) in [7, 11) is 0. The summed E-state index contributed by atoms with van der Waals surface area (Å²) in [5, 5.41) is 13.8. The summed E-state index contributed by atoms with van der Waals surface area (Å²) in [4.78, 5) is 10.3. The molecule has 4 nitrogen and oxygen atoms in total. The third-order valence-corrected chi connectivity index (χ3v) is 3.17. The molecule has 6 heteroatoms. The number of rotatable bonds is 5. The van der Waals surface area contributed by atoms with Crippen molar-refractivity contribution in [3.05, 3.63) is 69.8 Å². The van der Waals surface area contributed by atoms with Gasteiger partial charge in [0.1, 0.15) is 11.5 Å². The first-order valence-corrected chi connectivity index (χ1v) is 6.47. The Morgan fingerprint density at radius 3 is 2.57 bits per heavy atom. The summed E-state index contributed by atoms with van der Waals surface area (Å²) in [6.45, 7) is 1.83. The van der Waals surface area contributed by atoms with Crippen LogP contribution in [0.1, 0.15) is 24.9 Å². The first-order chi connectivity index (χ1) is 10.0. The van der Waals surface area contributed by atoms with E-state index in [4.69, 9.17) is 0 Å². The van der Waals surface area contributed by atoms with Gasteiger partial charge in [0, 0.05) is 6.07 Å². The van der Waals surface area contributed by atoms with E-state index < -0.39 is 22.6 Å². The molecule has 0 radical (unpaired) electrons. The fraction of sp³-hybridized carbons (Fsp3) is 0.200. The molecule has 0 fully saturated rings. The molecule has 1 unspecified atom stereocenters. The monoisotopic (exact) mass is 292 g/mol. The second-order valence-electron chi connectivity index (χ2n) is 4.55. The van der Waals surface area contributed by atoms with Crippen molar-refractivity contribution < 1.29 is 13.7 Å². The van der Waals surface area contributed by atoms with E-state index in [1.807, 2.05) is 6.92 Å². The Balaban J connectivity index is 2.37.